The monoisotopic (exact) mass is 303 g/mol. The van der Waals surface area contributed by atoms with Crippen molar-refractivity contribution in [3.8, 4) is 0 Å². The van der Waals surface area contributed by atoms with Gasteiger partial charge in [0.15, 0.2) is 0 Å². The molecular formula is C14H13N3O3S. The van der Waals surface area contributed by atoms with Gasteiger partial charge in [-0.05, 0) is 30.8 Å². The van der Waals surface area contributed by atoms with Crippen molar-refractivity contribution >= 4 is 40.8 Å². The van der Waals surface area contributed by atoms with E-state index in [9.17, 15) is 9.59 Å². The molecule has 0 aliphatic carbocycles. The third-order valence-electron chi connectivity index (χ3n) is 3.48. The first kappa shape index (κ1) is 13.7. The number of aromatic nitrogens is 2. The van der Waals surface area contributed by atoms with E-state index >= 15 is 0 Å². The fraction of sp³-hybridized carbons (Fsp3) is 0.286. The minimum absolute atomic E-state index is 0.173. The van der Waals surface area contributed by atoms with Crippen LogP contribution >= 0.6 is 12.2 Å². The van der Waals surface area contributed by atoms with Gasteiger partial charge in [-0.2, -0.15) is 0 Å². The van der Waals surface area contributed by atoms with Crippen LogP contribution in [0, 0.1) is 4.77 Å². The van der Waals surface area contributed by atoms with Crippen LogP contribution in [0.15, 0.2) is 24.3 Å². The lowest BCUT2D eigenvalue weighted by Crippen LogP contribution is -2.25. The lowest BCUT2D eigenvalue weighted by Gasteiger charge is -2.07. The average Bonchev–Trinajstić information content (AvgIpc) is 2.83. The Morgan fingerprint density at radius 2 is 2.24 bits per heavy atom. The Hall–Kier alpha value is -2.28. The molecule has 1 aromatic carbocycles. The van der Waals surface area contributed by atoms with Gasteiger partial charge in [-0.1, -0.05) is 12.1 Å². The van der Waals surface area contributed by atoms with Crippen LogP contribution < -0.4 is 5.32 Å². The SMILES string of the molecule is COC(=O)CC[C@H]1Nc2c3ccccc3nc(=S)n2C1=O. The molecule has 1 aromatic heterocycles. The van der Waals surface area contributed by atoms with Gasteiger partial charge in [0, 0.05) is 11.8 Å². The molecule has 6 nitrogen and oxygen atoms in total. The number of methoxy groups -OCH3 is 1. The van der Waals surface area contributed by atoms with E-state index in [2.05, 4.69) is 15.0 Å². The zero-order valence-electron chi connectivity index (χ0n) is 11.3. The maximum atomic E-state index is 12.4. The van der Waals surface area contributed by atoms with E-state index in [0.29, 0.717) is 12.2 Å². The summed E-state index contributed by atoms with van der Waals surface area (Å²) >= 11 is 5.19. The number of para-hydroxylation sites is 1. The van der Waals surface area contributed by atoms with Gasteiger partial charge in [-0.3, -0.25) is 9.59 Å². The van der Waals surface area contributed by atoms with E-state index in [1.165, 1.54) is 11.7 Å². The van der Waals surface area contributed by atoms with Crippen molar-refractivity contribution < 1.29 is 14.3 Å². The minimum atomic E-state index is -0.488. The van der Waals surface area contributed by atoms with Crippen LogP contribution in [-0.4, -0.2) is 34.6 Å². The van der Waals surface area contributed by atoms with Crippen molar-refractivity contribution in [2.75, 3.05) is 12.4 Å². The molecule has 21 heavy (non-hydrogen) atoms. The van der Waals surface area contributed by atoms with Gasteiger partial charge in [0.05, 0.1) is 12.6 Å². The second kappa shape index (κ2) is 5.25. The Balaban J connectivity index is 1.99. The molecule has 1 aliphatic rings. The molecule has 2 aromatic rings. The standard InChI is InChI=1S/C14H13N3O3S/c1-20-11(18)7-6-10-13(19)17-12(15-10)8-4-2-3-5-9(8)16-14(17)21/h2-5,10,15H,6-7H2,1H3/t10-/m1/s1. The van der Waals surface area contributed by atoms with Crippen molar-refractivity contribution in [2.24, 2.45) is 0 Å². The molecule has 0 spiro atoms. The lowest BCUT2D eigenvalue weighted by molar-refractivity contribution is -0.140. The van der Waals surface area contributed by atoms with Crippen molar-refractivity contribution in [1.29, 1.82) is 0 Å². The highest BCUT2D eigenvalue weighted by atomic mass is 32.1. The van der Waals surface area contributed by atoms with E-state index < -0.39 is 6.04 Å². The molecule has 1 aliphatic heterocycles. The number of carbonyl (C=O) groups excluding carboxylic acids is 2. The molecular weight excluding hydrogens is 290 g/mol. The number of anilines is 1. The number of rotatable bonds is 3. The number of benzene rings is 1. The fourth-order valence-corrected chi connectivity index (χ4v) is 2.71. The summed E-state index contributed by atoms with van der Waals surface area (Å²) in [4.78, 5) is 27.9. The second-order valence-corrected chi connectivity index (χ2v) is 5.11. The number of nitrogens with zero attached hydrogens (tertiary/aromatic N) is 2. The molecule has 108 valence electrons. The fourth-order valence-electron chi connectivity index (χ4n) is 2.43. The number of carbonyl (C=O) groups is 2. The maximum Gasteiger partial charge on any atom is 0.305 e. The van der Waals surface area contributed by atoms with E-state index in [-0.39, 0.29) is 23.1 Å². The number of hydrogen-bond donors (Lipinski definition) is 1. The topological polar surface area (TPSA) is 73.2 Å². The van der Waals surface area contributed by atoms with Gasteiger partial charge in [0.2, 0.25) is 4.77 Å². The van der Waals surface area contributed by atoms with Crippen molar-refractivity contribution in [1.82, 2.24) is 9.55 Å². The summed E-state index contributed by atoms with van der Waals surface area (Å²) in [7, 11) is 1.33. The Bertz CT molecular complexity index is 800. The molecule has 0 fully saturated rings. The van der Waals surface area contributed by atoms with Gasteiger partial charge >= 0.3 is 5.97 Å². The van der Waals surface area contributed by atoms with E-state index in [4.69, 9.17) is 12.2 Å². The summed E-state index contributed by atoms with van der Waals surface area (Å²) in [6.45, 7) is 0. The van der Waals surface area contributed by atoms with Crippen LogP contribution in [0.5, 0.6) is 0 Å². The molecule has 1 N–H and O–H groups in total. The number of fused-ring (bicyclic) bond motifs is 3. The second-order valence-electron chi connectivity index (χ2n) is 4.75. The van der Waals surface area contributed by atoms with Crippen molar-refractivity contribution in [3.05, 3.63) is 29.0 Å². The van der Waals surface area contributed by atoms with Gasteiger partial charge in [-0.25, -0.2) is 9.55 Å². The Kier molecular flexibility index (Phi) is 3.42. The summed E-state index contributed by atoms with van der Waals surface area (Å²) in [6.07, 6.45) is 0.531. The number of esters is 1. The van der Waals surface area contributed by atoms with E-state index in [1.54, 1.807) is 0 Å². The summed E-state index contributed by atoms with van der Waals surface area (Å²) in [5.41, 5.74) is 0.739. The van der Waals surface area contributed by atoms with Crippen LogP contribution in [0.25, 0.3) is 10.9 Å². The Morgan fingerprint density at radius 3 is 3.00 bits per heavy atom. The highest BCUT2D eigenvalue weighted by Gasteiger charge is 2.31. The summed E-state index contributed by atoms with van der Waals surface area (Å²) in [6, 6.07) is 6.98. The molecule has 3 rings (SSSR count). The third kappa shape index (κ3) is 2.29. The van der Waals surface area contributed by atoms with Gasteiger partial charge in [-0.15, -0.1) is 0 Å². The summed E-state index contributed by atoms with van der Waals surface area (Å²) < 4.78 is 6.22. The number of hydrogen-bond acceptors (Lipinski definition) is 6. The highest BCUT2D eigenvalue weighted by Crippen LogP contribution is 2.28. The van der Waals surface area contributed by atoms with Crippen LogP contribution in [0.2, 0.25) is 0 Å². The molecule has 0 radical (unpaired) electrons. The summed E-state index contributed by atoms with van der Waals surface area (Å²) in [5.74, 6) is 0.120. The first-order valence-electron chi connectivity index (χ1n) is 6.51. The minimum Gasteiger partial charge on any atom is -0.469 e. The molecule has 0 saturated heterocycles. The molecule has 7 heteroatoms. The highest BCUT2D eigenvalue weighted by molar-refractivity contribution is 7.71. The third-order valence-corrected chi connectivity index (χ3v) is 3.76. The largest absolute Gasteiger partial charge is 0.469 e. The zero-order valence-corrected chi connectivity index (χ0v) is 12.1. The van der Waals surface area contributed by atoms with E-state index in [1.807, 2.05) is 24.3 Å². The van der Waals surface area contributed by atoms with Crippen LogP contribution in [-0.2, 0) is 9.53 Å². The average molecular weight is 303 g/mol. The smallest absolute Gasteiger partial charge is 0.305 e. The van der Waals surface area contributed by atoms with Crippen LogP contribution in [0.1, 0.15) is 17.6 Å². The van der Waals surface area contributed by atoms with E-state index in [0.717, 1.165) is 10.9 Å². The molecule has 1 atom stereocenters. The first-order valence-corrected chi connectivity index (χ1v) is 6.92. The Morgan fingerprint density at radius 1 is 1.48 bits per heavy atom. The normalized spacial score (nSPS) is 16.6. The van der Waals surface area contributed by atoms with Crippen molar-refractivity contribution in [3.63, 3.8) is 0 Å². The molecule has 0 saturated carbocycles. The van der Waals surface area contributed by atoms with Gasteiger partial charge in [0.25, 0.3) is 5.91 Å². The first-order chi connectivity index (χ1) is 10.1. The quantitative estimate of drug-likeness (QED) is 0.692. The predicted octanol–water partition coefficient (Wildman–Crippen LogP) is 2.15. The molecule has 0 amide bonds. The molecule has 2 heterocycles. The Labute approximate surface area is 125 Å². The van der Waals surface area contributed by atoms with Crippen LogP contribution in [0.4, 0.5) is 5.82 Å². The zero-order chi connectivity index (χ0) is 15.0. The lowest BCUT2D eigenvalue weighted by atomic mass is 10.1. The number of ether oxygens (including phenoxy) is 1. The van der Waals surface area contributed by atoms with Gasteiger partial charge < -0.3 is 10.1 Å². The van der Waals surface area contributed by atoms with Gasteiger partial charge in [0.1, 0.15) is 11.9 Å². The number of nitrogens with one attached hydrogen (secondary N) is 1. The maximum absolute atomic E-state index is 12.4. The van der Waals surface area contributed by atoms with Crippen molar-refractivity contribution in [2.45, 2.75) is 18.9 Å². The summed E-state index contributed by atoms with van der Waals surface area (Å²) in [5, 5.41) is 3.98. The molecule has 0 bridgehead atoms. The van der Waals surface area contributed by atoms with Crippen LogP contribution in [0.3, 0.4) is 0 Å². The predicted molar refractivity (Wildman–Crippen MR) is 79.9 cm³/mol. The molecule has 0 unspecified atom stereocenters.